The van der Waals surface area contributed by atoms with Crippen molar-refractivity contribution in [2.75, 3.05) is 6.61 Å². The summed E-state index contributed by atoms with van der Waals surface area (Å²) in [6.45, 7) is 9.93. The molecule has 1 aliphatic rings. The maximum Gasteiger partial charge on any atom is 0.311 e. The van der Waals surface area contributed by atoms with Crippen molar-refractivity contribution in [3.05, 3.63) is 34.9 Å². The van der Waals surface area contributed by atoms with E-state index in [-0.39, 0.29) is 18.2 Å². The van der Waals surface area contributed by atoms with Crippen LogP contribution in [0.5, 0.6) is 0 Å². The Bertz CT molecular complexity index is 590. The van der Waals surface area contributed by atoms with Crippen molar-refractivity contribution < 1.29 is 19.0 Å². The molecule has 1 aliphatic heterocycles. The minimum atomic E-state index is -0.609. The van der Waals surface area contributed by atoms with Crippen LogP contribution in [0.2, 0.25) is 5.02 Å². The summed E-state index contributed by atoms with van der Waals surface area (Å²) in [6.07, 6.45) is 1.61. The molecule has 1 aromatic rings. The van der Waals surface area contributed by atoms with Gasteiger partial charge in [-0.2, -0.15) is 0 Å². The fraction of sp³-hybridized carbons (Fsp3) is 0.650. The zero-order chi connectivity index (χ0) is 18.7. The standard InChI is InChI=1S/C20H29ClO4/c1-6-20(7-2)24-16(12-13-23-18(22)19(3,4)5)17(25-20)14-10-8-9-11-15(14)21/h8-11,16-17H,6-7,12-13H2,1-5H3/t16-,17-/m0/s1. The lowest BCUT2D eigenvalue weighted by molar-refractivity contribution is -0.181. The third-order valence-corrected chi connectivity index (χ3v) is 4.93. The van der Waals surface area contributed by atoms with Crippen molar-refractivity contribution in [2.24, 2.45) is 5.41 Å². The molecule has 0 unspecified atom stereocenters. The number of hydrogen-bond donors (Lipinski definition) is 0. The Morgan fingerprint density at radius 3 is 2.40 bits per heavy atom. The normalized spacial score (nSPS) is 22.8. The Labute approximate surface area is 155 Å². The summed E-state index contributed by atoms with van der Waals surface area (Å²) in [7, 11) is 0. The van der Waals surface area contributed by atoms with Crippen molar-refractivity contribution in [1.29, 1.82) is 0 Å². The summed E-state index contributed by atoms with van der Waals surface area (Å²) in [5.74, 6) is -0.819. The molecule has 1 fully saturated rings. The third kappa shape index (κ3) is 4.75. The smallest absolute Gasteiger partial charge is 0.311 e. The summed E-state index contributed by atoms with van der Waals surface area (Å²) in [5.41, 5.74) is 0.409. The number of ether oxygens (including phenoxy) is 3. The van der Waals surface area contributed by atoms with E-state index in [0.717, 1.165) is 18.4 Å². The van der Waals surface area contributed by atoms with Crippen molar-refractivity contribution in [3.63, 3.8) is 0 Å². The molecular formula is C20H29ClO4. The highest BCUT2D eigenvalue weighted by atomic mass is 35.5. The molecule has 2 atom stereocenters. The van der Waals surface area contributed by atoms with Gasteiger partial charge in [0.2, 0.25) is 0 Å². The number of halogens is 1. The molecule has 0 radical (unpaired) electrons. The van der Waals surface area contributed by atoms with Crippen LogP contribution in [0.4, 0.5) is 0 Å². The molecule has 1 heterocycles. The van der Waals surface area contributed by atoms with Gasteiger partial charge in [0.05, 0.1) is 18.1 Å². The van der Waals surface area contributed by atoms with E-state index in [1.165, 1.54) is 0 Å². The van der Waals surface area contributed by atoms with Gasteiger partial charge in [-0.25, -0.2) is 0 Å². The fourth-order valence-corrected chi connectivity index (χ4v) is 3.16. The Morgan fingerprint density at radius 1 is 1.20 bits per heavy atom. The van der Waals surface area contributed by atoms with Gasteiger partial charge in [0.1, 0.15) is 6.10 Å². The largest absolute Gasteiger partial charge is 0.465 e. The van der Waals surface area contributed by atoms with E-state index >= 15 is 0 Å². The highest BCUT2D eigenvalue weighted by Crippen LogP contribution is 2.45. The van der Waals surface area contributed by atoms with Gasteiger partial charge in [0.15, 0.2) is 5.79 Å². The van der Waals surface area contributed by atoms with Crippen LogP contribution in [0.3, 0.4) is 0 Å². The van der Waals surface area contributed by atoms with E-state index in [4.69, 9.17) is 25.8 Å². The molecule has 0 bridgehead atoms. The van der Waals surface area contributed by atoms with E-state index in [1.54, 1.807) is 0 Å². The van der Waals surface area contributed by atoms with Gasteiger partial charge in [0.25, 0.3) is 0 Å². The van der Waals surface area contributed by atoms with Gasteiger partial charge < -0.3 is 14.2 Å². The zero-order valence-electron chi connectivity index (χ0n) is 15.8. The van der Waals surface area contributed by atoms with Crippen LogP contribution in [-0.2, 0) is 19.0 Å². The zero-order valence-corrected chi connectivity index (χ0v) is 16.6. The summed E-state index contributed by atoms with van der Waals surface area (Å²) in [4.78, 5) is 12.0. The molecule has 140 valence electrons. The number of carbonyl (C=O) groups excluding carboxylic acids is 1. The van der Waals surface area contributed by atoms with Crippen LogP contribution in [0.25, 0.3) is 0 Å². The lowest BCUT2D eigenvalue weighted by atomic mass is 9.97. The molecule has 1 aromatic carbocycles. The monoisotopic (exact) mass is 368 g/mol. The molecule has 0 aromatic heterocycles. The molecule has 0 saturated carbocycles. The van der Waals surface area contributed by atoms with Gasteiger partial charge in [-0.15, -0.1) is 0 Å². The topological polar surface area (TPSA) is 44.8 Å². The Morgan fingerprint density at radius 2 is 1.84 bits per heavy atom. The fourth-order valence-electron chi connectivity index (χ4n) is 2.92. The quantitative estimate of drug-likeness (QED) is 0.640. The van der Waals surface area contributed by atoms with E-state index in [1.807, 2.05) is 45.0 Å². The summed E-state index contributed by atoms with van der Waals surface area (Å²) >= 11 is 6.37. The summed E-state index contributed by atoms with van der Waals surface area (Å²) in [5, 5.41) is 0.663. The highest BCUT2D eigenvalue weighted by Gasteiger charge is 2.46. The van der Waals surface area contributed by atoms with E-state index in [0.29, 0.717) is 18.1 Å². The Balaban J connectivity index is 2.12. The molecule has 25 heavy (non-hydrogen) atoms. The highest BCUT2D eigenvalue weighted by molar-refractivity contribution is 6.31. The Hall–Kier alpha value is -1.10. The molecule has 0 amide bonds. The molecule has 0 N–H and O–H groups in total. The molecule has 0 aliphatic carbocycles. The number of benzene rings is 1. The second-order valence-electron chi connectivity index (χ2n) is 7.51. The van der Waals surface area contributed by atoms with Gasteiger partial charge in [-0.1, -0.05) is 43.6 Å². The number of rotatable bonds is 6. The molecule has 1 saturated heterocycles. The Kier molecular flexibility index (Phi) is 6.52. The van der Waals surface area contributed by atoms with Crippen LogP contribution in [-0.4, -0.2) is 24.5 Å². The second kappa shape index (κ2) is 8.07. The van der Waals surface area contributed by atoms with Crippen LogP contribution >= 0.6 is 11.6 Å². The maximum atomic E-state index is 12.0. The SMILES string of the molecule is CCC1(CC)O[C@@H](CCOC(=O)C(C)(C)C)[C@H](c2ccccc2Cl)O1. The minimum absolute atomic E-state index is 0.201. The summed E-state index contributed by atoms with van der Waals surface area (Å²) in [6, 6.07) is 7.66. The average Bonchev–Trinajstić information content (AvgIpc) is 2.94. The molecule has 2 rings (SSSR count). The number of carbonyl (C=O) groups is 1. The minimum Gasteiger partial charge on any atom is -0.465 e. The number of hydrogen-bond acceptors (Lipinski definition) is 4. The lowest BCUT2D eigenvalue weighted by Crippen LogP contribution is -2.29. The first-order valence-corrected chi connectivity index (χ1v) is 9.37. The molecule has 4 nitrogen and oxygen atoms in total. The van der Waals surface area contributed by atoms with Crippen molar-refractivity contribution in [1.82, 2.24) is 0 Å². The van der Waals surface area contributed by atoms with E-state index in [2.05, 4.69) is 13.8 Å². The first-order chi connectivity index (χ1) is 11.7. The van der Waals surface area contributed by atoms with Crippen molar-refractivity contribution in [3.8, 4) is 0 Å². The lowest BCUT2D eigenvalue weighted by Gasteiger charge is -2.25. The average molecular weight is 369 g/mol. The van der Waals surface area contributed by atoms with Gasteiger partial charge in [-0.3, -0.25) is 4.79 Å². The van der Waals surface area contributed by atoms with Crippen LogP contribution < -0.4 is 0 Å². The van der Waals surface area contributed by atoms with E-state index < -0.39 is 11.2 Å². The third-order valence-electron chi connectivity index (χ3n) is 4.58. The van der Waals surface area contributed by atoms with Crippen LogP contribution in [0.15, 0.2) is 24.3 Å². The second-order valence-corrected chi connectivity index (χ2v) is 7.92. The van der Waals surface area contributed by atoms with Crippen molar-refractivity contribution in [2.45, 2.75) is 71.9 Å². The van der Waals surface area contributed by atoms with Gasteiger partial charge >= 0.3 is 5.97 Å². The molecule has 5 heteroatoms. The molecule has 0 spiro atoms. The van der Waals surface area contributed by atoms with Gasteiger partial charge in [-0.05, 0) is 39.7 Å². The predicted octanol–water partition coefficient (Wildman–Crippen LogP) is 5.29. The first kappa shape index (κ1) is 20.2. The predicted molar refractivity (Wildman–Crippen MR) is 98.5 cm³/mol. The maximum absolute atomic E-state index is 12.0. The first-order valence-electron chi connectivity index (χ1n) is 8.99. The van der Waals surface area contributed by atoms with Gasteiger partial charge in [0, 0.05) is 17.0 Å². The molecular weight excluding hydrogens is 340 g/mol. The van der Waals surface area contributed by atoms with Crippen LogP contribution in [0.1, 0.15) is 65.5 Å². The van der Waals surface area contributed by atoms with Crippen molar-refractivity contribution >= 4 is 17.6 Å². The summed E-state index contributed by atoms with van der Waals surface area (Å²) < 4.78 is 18.0. The van der Waals surface area contributed by atoms with E-state index in [9.17, 15) is 4.79 Å². The number of esters is 1. The van der Waals surface area contributed by atoms with Crippen LogP contribution in [0, 0.1) is 5.41 Å².